The van der Waals surface area contributed by atoms with Crippen molar-refractivity contribution in [1.29, 1.82) is 0 Å². The predicted octanol–water partition coefficient (Wildman–Crippen LogP) is 2.27. The van der Waals surface area contributed by atoms with Crippen molar-refractivity contribution in [3.8, 4) is 0 Å². The first-order chi connectivity index (χ1) is 7.21. The van der Waals surface area contributed by atoms with Gasteiger partial charge in [-0.15, -0.1) is 11.3 Å². The largest absolute Gasteiger partial charge is 0.349 e. The van der Waals surface area contributed by atoms with E-state index < -0.39 is 0 Å². The molecule has 1 aromatic heterocycles. The Morgan fingerprint density at radius 3 is 2.60 bits per heavy atom. The Hall–Kier alpha value is -0.610. The highest BCUT2D eigenvalue weighted by Gasteiger charge is 2.09. The highest BCUT2D eigenvalue weighted by molar-refractivity contribution is 7.15. The van der Waals surface area contributed by atoms with Gasteiger partial charge < -0.3 is 10.6 Å². The molecule has 3 nitrogen and oxygen atoms in total. The van der Waals surface area contributed by atoms with Crippen molar-refractivity contribution in [2.75, 3.05) is 18.0 Å². The average Bonchev–Trinajstić information content (AvgIpc) is 2.68. The van der Waals surface area contributed by atoms with Gasteiger partial charge in [-0.3, -0.25) is 0 Å². The maximum atomic E-state index is 5.92. The lowest BCUT2D eigenvalue weighted by molar-refractivity contribution is 0.651. The Bertz CT molecular complexity index is 281. The van der Waals surface area contributed by atoms with Gasteiger partial charge >= 0.3 is 0 Å². The number of anilines is 1. The summed E-state index contributed by atoms with van der Waals surface area (Å²) in [7, 11) is 0. The third kappa shape index (κ3) is 3.47. The minimum absolute atomic E-state index is 0.273. The molecule has 1 aromatic rings. The van der Waals surface area contributed by atoms with E-state index in [1.165, 1.54) is 4.88 Å². The van der Waals surface area contributed by atoms with E-state index in [1.807, 2.05) is 6.20 Å². The zero-order valence-corrected chi connectivity index (χ0v) is 10.7. The first kappa shape index (κ1) is 12.5. The smallest absolute Gasteiger partial charge is 0.185 e. The molecule has 0 fully saturated rings. The maximum Gasteiger partial charge on any atom is 0.185 e. The van der Waals surface area contributed by atoms with Crippen LogP contribution in [0.4, 0.5) is 5.13 Å². The molecule has 0 spiro atoms. The van der Waals surface area contributed by atoms with Crippen LogP contribution in [0.5, 0.6) is 0 Å². The molecule has 15 heavy (non-hydrogen) atoms. The summed E-state index contributed by atoms with van der Waals surface area (Å²) in [6, 6.07) is 0.273. The number of thiazole rings is 1. The molecule has 86 valence electrons. The molecular weight excluding hydrogens is 206 g/mol. The second-order valence-corrected chi connectivity index (χ2v) is 4.75. The van der Waals surface area contributed by atoms with Crippen LogP contribution < -0.4 is 10.6 Å². The molecule has 0 amide bonds. The second-order valence-electron chi connectivity index (χ2n) is 3.65. The van der Waals surface area contributed by atoms with E-state index in [0.717, 1.165) is 31.1 Å². The van der Waals surface area contributed by atoms with E-state index >= 15 is 0 Å². The summed E-state index contributed by atoms with van der Waals surface area (Å²) in [6.07, 6.45) is 3.95. The van der Waals surface area contributed by atoms with Gasteiger partial charge in [0.15, 0.2) is 5.13 Å². The van der Waals surface area contributed by atoms with E-state index in [4.69, 9.17) is 5.73 Å². The van der Waals surface area contributed by atoms with Gasteiger partial charge in [0.05, 0.1) is 0 Å². The van der Waals surface area contributed by atoms with Crippen LogP contribution in [-0.4, -0.2) is 24.1 Å². The molecule has 1 heterocycles. The number of aromatic nitrogens is 1. The number of nitrogens with two attached hydrogens (primary N) is 1. The monoisotopic (exact) mass is 227 g/mol. The maximum absolute atomic E-state index is 5.92. The van der Waals surface area contributed by atoms with Crippen LogP contribution in [-0.2, 0) is 6.42 Å². The van der Waals surface area contributed by atoms with Gasteiger partial charge in [-0.05, 0) is 26.7 Å². The summed E-state index contributed by atoms with van der Waals surface area (Å²) in [4.78, 5) is 8.00. The Balaban J connectivity index is 2.63. The summed E-state index contributed by atoms with van der Waals surface area (Å²) < 4.78 is 0. The third-order valence-electron chi connectivity index (χ3n) is 2.56. The van der Waals surface area contributed by atoms with E-state index in [1.54, 1.807) is 11.3 Å². The number of hydrogen-bond donors (Lipinski definition) is 1. The number of nitrogens with zero attached hydrogens (tertiary/aromatic N) is 2. The summed E-state index contributed by atoms with van der Waals surface area (Å²) >= 11 is 1.77. The van der Waals surface area contributed by atoms with Gasteiger partial charge in [0.25, 0.3) is 0 Å². The van der Waals surface area contributed by atoms with Crippen LogP contribution in [0.3, 0.4) is 0 Å². The van der Waals surface area contributed by atoms with Gasteiger partial charge in [-0.1, -0.05) is 6.92 Å². The van der Waals surface area contributed by atoms with Crippen LogP contribution in [0.15, 0.2) is 6.20 Å². The molecule has 0 saturated carbocycles. The van der Waals surface area contributed by atoms with Gasteiger partial charge in [0.2, 0.25) is 0 Å². The topological polar surface area (TPSA) is 42.1 Å². The summed E-state index contributed by atoms with van der Waals surface area (Å²) in [5.41, 5.74) is 5.92. The summed E-state index contributed by atoms with van der Waals surface area (Å²) in [5, 5.41) is 1.12. The van der Waals surface area contributed by atoms with Crippen molar-refractivity contribution in [2.45, 2.75) is 39.7 Å². The lowest BCUT2D eigenvalue weighted by Crippen LogP contribution is -2.21. The van der Waals surface area contributed by atoms with Crippen LogP contribution in [0.2, 0.25) is 0 Å². The normalized spacial score (nSPS) is 12.8. The molecule has 0 aliphatic carbocycles. The van der Waals surface area contributed by atoms with Gasteiger partial charge in [0.1, 0.15) is 0 Å². The molecule has 0 aliphatic rings. The standard InChI is InChI=1S/C11H21N3S/c1-4-9(12)7-10-8-13-11(15-10)14(5-2)6-3/h8-9H,4-7,12H2,1-3H3. The fourth-order valence-electron chi connectivity index (χ4n) is 1.43. The average molecular weight is 227 g/mol. The van der Waals surface area contributed by atoms with Crippen molar-refractivity contribution in [2.24, 2.45) is 5.73 Å². The zero-order valence-electron chi connectivity index (χ0n) is 9.86. The number of hydrogen-bond acceptors (Lipinski definition) is 4. The van der Waals surface area contributed by atoms with Gasteiger partial charge in [-0.25, -0.2) is 4.98 Å². The Morgan fingerprint density at radius 1 is 1.40 bits per heavy atom. The molecule has 0 bridgehead atoms. The molecule has 4 heteroatoms. The molecule has 1 atom stereocenters. The lowest BCUT2D eigenvalue weighted by Gasteiger charge is -2.16. The fraction of sp³-hybridized carbons (Fsp3) is 0.727. The second kappa shape index (κ2) is 6.08. The van der Waals surface area contributed by atoms with E-state index in [0.29, 0.717) is 0 Å². The van der Waals surface area contributed by atoms with E-state index in [2.05, 4.69) is 30.7 Å². The minimum atomic E-state index is 0.273. The summed E-state index contributed by atoms with van der Waals surface area (Å²) in [6.45, 7) is 8.47. The quantitative estimate of drug-likeness (QED) is 0.810. The summed E-state index contributed by atoms with van der Waals surface area (Å²) in [5.74, 6) is 0. The molecular formula is C11H21N3S. The first-order valence-electron chi connectivity index (χ1n) is 5.66. The van der Waals surface area contributed by atoms with Crippen molar-refractivity contribution in [3.05, 3.63) is 11.1 Å². The molecule has 0 aromatic carbocycles. The van der Waals surface area contributed by atoms with Crippen molar-refractivity contribution < 1.29 is 0 Å². The molecule has 1 rings (SSSR count). The van der Waals surface area contributed by atoms with E-state index in [-0.39, 0.29) is 6.04 Å². The molecule has 0 radical (unpaired) electrons. The van der Waals surface area contributed by atoms with Crippen molar-refractivity contribution in [1.82, 2.24) is 4.98 Å². The van der Waals surface area contributed by atoms with Gasteiger partial charge in [-0.2, -0.15) is 0 Å². The van der Waals surface area contributed by atoms with Crippen LogP contribution in [0.1, 0.15) is 32.1 Å². The SMILES string of the molecule is CCC(N)Cc1cnc(N(CC)CC)s1. The Morgan fingerprint density at radius 2 is 2.07 bits per heavy atom. The van der Waals surface area contributed by atoms with Crippen molar-refractivity contribution in [3.63, 3.8) is 0 Å². The predicted molar refractivity (Wildman–Crippen MR) is 67.6 cm³/mol. The Labute approximate surface area is 96.3 Å². The number of rotatable bonds is 6. The Kier molecular flexibility index (Phi) is 5.05. The van der Waals surface area contributed by atoms with E-state index in [9.17, 15) is 0 Å². The third-order valence-corrected chi connectivity index (χ3v) is 3.64. The molecule has 2 N–H and O–H groups in total. The highest BCUT2D eigenvalue weighted by Crippen LogP contribution is 2.23. The minimum Gasteiger partial charge on any atom is -0.349 e. The fourth-order valence-corrected chi connectivity index (χ4v) is 2.56. The molecule has 0 aliphatic heterocycles. The van der Waals surface area contributed by atoms with Crippen LogP contribution in [0.25, 0.3) is 0 Å². The highest BCUT2D eigenvalue weighted by atomic mass is 32.1. The van der Waals surface area contributed by atoms with Crippen LogP contribution >= 0.6 is 11.3 Å². The van der Waals surface area contributed by atoms with Gasteiger partial charge in [0, 0.05) is 30.2 Å². The van der Waals surface area contributed by atoms with Crippen molar-refractivity contribution >= 4 is 16.5 Å². The zero-order chi connectivity index (χ0) is 11.3. The molecule has 1 unspecified atom stereocenters. The molecule has 0 saturated heterocycles. The lowest BCUT2D eigenvalue weighted by atomic mass is 10.1. The first-order valence-corrected chi connectivity index (χ1v) is 6.48. The van der Waals surface area contributed by atoms with Crippen LogP contribution in [0, 0.1) is 0 Å².